The van der Waals surface area contributed by atoms with Crippen molar-refractivity contribution in [1.29, 1.82) is 0 Å². The number of carbonyl (C=O) groups excluding carboxylic acids is 1. The predicted molar refractivity (Wildman–Crippen MR) is 49.7 cm³/mol. The van der Waals surface area contributed by atoms with E-state index < -0.39 is 0 Å². The Balaban J connectivity index is 3.93. The van der Waals surface area contributed by atoms with Crippen LogP contribution in [0.15, 0.2) is 11.8 Å². The van der Waals surface area contributed by atoms with Gasteiger partial charge in [-0.05, 0) is 18.9 Å². The molecule has 0 aromatic heterocycles. The third-order valence-electron chi connectivity index (χ3n) is 1.43. The van der Waals surface area contributed by atoms with Crippen molar-refractivity contribution in [3.63, 3.8) is 0 Å². The minimum Gasteiger partial charge on any atom is -0.432 e. The van der Waals surface area contributed by atoms with Crippen LogP contribution in [-0.2, 0) is 9.53 Å². The highest BCUT2D eigenvalue weighted by molar-refractivity contribution is 5.67. The molecule has 0 unspecified atom stereocenters. The van der Waals surface area contributed by atoms with Crippen LogP contribution < -0.4 is 0 Å². The van der Waals surface area contributed by atoms with E-state index >= 15 is 0 Å². The molecular formula is C10H18O2. The molecule has 12 heavy (non-hydrogen) atoms. The van der Waals surface area contributed by atoms with Crippen LogP contribution in [0.25, 0.3) is 0 Å². The summed E-state index contributed by atoms with van der Waals surface area (Å²) >= 11 is 0. The van der Waals surface area contributed by atoms with Crippen LogP contribution in [0.2, 0.25) is 0 Å². The summed E-state index contributed by atoms with van der Waals surface area (Å²) in [4.78, 5) is 10.6. The van der Waals surface area contributed by atoms with Crippen molar-refractivity contribution in [1.82, 2.24) is 0 Å². The zero-order valence-corrected chi connectivity index (χ0v) is 8.22. The average molecular weight is 170 g/mol. The van der Waals surface area contributed by atoms with Gasteiger partial charge < -0.3 is 4.74 Å². The van der Waals surface area contributed by atoms with Gasteiger partial charge in [0.05, 0.1) is 0 Å². The highest BCUT2D eigenvalue weighted by Gasteiger charge is 1.99. The maximum Gasteiger partial charge on any atom is 0.307 e. The summed E-state index contributed by atoms with van der Waals surface area (Å²) in [7, 11) is 0. The molecule has 0 aliphatic carbocycles. The van der Waals surface area contributed by atoms with E-state index in [1.54, 1.807) is 0 Å². The first-order chi connectivity index (χ1) is 5.70. The molecule has 0 amide bonds. The number of esters is 1. The molecule has 0 bridgehead atoms. The second-order valence-corrected chi connectivity index (χ2v) is 2.80. The average Bonchev–Trinajstić information content (AvgIpc) is 2.00. The Morgan fingerprint density at radius 1 is 1.33 bits per heavy atom. The van der Waals surface area contributed by atoms with E-state index in [0.717, 1.165) is 31.4 Å². The summed E-state index contributed by atoms with van der Waals surface area (Å²) in [5, 5.41) is 0. The van der Waals surface area contributed by atoms with Crippen molar-refractivity contribution in [2.75, 3.05) is 0 Å². The smallest absolute Gasteiger partial charge is 0.307 e. The van der Waals surface area contributed by atoms with Crippen molar-refractivity contribution in [3.05, 3.63) is 11.8 Å². The van der Waals surface area contributed by atoms with Gasteiger partial charge in [-0.1, -0.05) is 20.3 Å². The number of allylic oxidation sites excluding steroid dienone is 2. The molecule has 0 radical (unpaired) electrons. The number of hydrogen-bond donors (Lipinski definition) is 0. The lowest BCUT2D eigenvalue weighted by Gasteiger charge is -2.04. The molecule has 0 saturated carbocycles. The Labute approximate surface area is 74.6 Å². The van der Waals surface area contributed by atoms with Crippen molar-refractivity contribution in [3.8, 4) is 0 Å². The van der Waals surface area contributed by atoms with E-state index in [9.17, 15) is 4.79 Å². The molecule has 0 fully saturated rings. The Kier molecular flexibility index (Phi) is 6.44. The zero-order valence-electron chi connectivity index (χ0n) is 8.22. The molecule has 2 nitrogen and oxygen atoms in total. The standard InChI is InChI=1S/C10H18O2/c1-4-6-8-10(7-5-2)12-9(3)11/h8H,4-7H2,1-3H3/b10-8+. The molecule has 0 saturated heterocycles. The van der Waals surface area contributed by atoms with Crippen molar-refractivity contribution in [2.45, 2.75) is 46.5 Å². The van der Waals surface area contributed by atoms with E-state index in [1.807, 2.05) is 6.08 Å². The van der Waals surface area contributed by atoms with E-state index in [0.29, 0.717) is 0 Å². The van der Waals surface area contributed by atoms with Gasteiger partial charge >= 0.3 is 5.97 Å². The summed E-state index contributed by atoms with van der Waals surface area (Å²) in [6.45, 7) is 5.62. The third-order valence-corrected chi connectivity index (χ3v) is 1.43. The van der Waals surface area contributed by atoms with Crippen LogP contribution in [0.3, 0.4) is 0 Å². The lowest BCUT2D eigenvalue weighted by atomic mass is 10.2. The second kappa shape index (κ2) is 6.89. The predicted octanol–water partition coefficient (Wildman–Crippen LogP) is 3.03. The van der Waals surface area contributed by atoms with Crippen LogP contribution in [0.1, 0.15) is 46.5 Å². The molecule has 0 rings (SSSR count). The van der Waals surface area contributed by atoms with Gasteiger partial charge in [-0.25, -0.2) is 0 Å². The van der Waals surface area contributed by atoms with Crippen LogP contribution in [-0.4, -0.2) is 5.97 Å². The molecule has 0 spiro atoms. The van der Waals surface area contributed by atoms with Crippen molar-refractivity contribution < 1.29 is 9.53 Å². The molecule has 70 valence electrons. The maximum atomic E-state index is 10.6. The minimum absolute atomic E-state index is 0.217. The topological polar surface area (TPSA) is 26.3 Å². The van der Waals surface area contributed by atoms with Gasteiger partial charge in [0.25, 0.3) is 0 Å². The van der Waals surface area contributed by atoms with Crippen LogP contribution in [0.5, 0.6) is 0 Å². The fourth-order valence-corrected chi connectivity index (χ4v) is 0.931. The molecule has 0 heterocycles. The van der Waals surface area contributed by atoms with E-state index in [-0.39, 0.29) is 5.97 Å². The highest BCUT2D eigenvalue weighted by atomic mass is 16.5. The SMILES string of the molecule is CCC/C=C(\CCC)OC(C)=O. The number of rotatable bonds is 5. The normalized spacial score (nSPS) is 11.4. The van der Waals surface area contributed by atoms with E-state index in [4.69, 9.17) is 4.74 Å². The van der Waals surface area contributed by atoms with Crippen molar-refractivity contribution >= 4 is 5.97 Å². The first kappa shape index (κ1) is 11.2. The highest BCUT2D eigenvalue weighted by Crippen LogP contribution is 2.08. The lowest BCUT2D eigenvalue weighted by molar-refractivity contribution is -0.137. The van der Waals surface area contributed by atoms with Gasteiger partial charge in [-0.15, -0.1) is 0 Å². The summed E-state index contributed by atoms with van der Waals surface area (Å²) in [6, 6.07) is 0. The third kappa shape index (κ3) is 5.96. The van der Waals surface area contributed by atoms with Gasteiger partial charge in [0.1, 0.15) is 5.76 Å². The van der Waals surface area contributed by atoms with E-state index in [2.05, 4.69) is 13.8 Å². The summed E-state index contributed by atoms with van der Waals surface area (Å²) in [5.41, 5.74) is 0. The second-order valence-electron chi connectivity index (χ2n) is 2.80. The van der Waals surface area contributed by atoms with E-state index in [1.165, 1.54) is 6.92 Å². The molecule has 0 N–H and O–H groups in total. The van der Waals surface area contributed by atoms with Crippen LogP contribution >= 0.6 is 0 Å². The Hall–Kier alpha value is -0.790. The first-order valence-electron chi connectivity index (χ1n) is 4.58. The number of unbranched alkanes of at least 4 members (excludes halogenated alkanes) is 1. The van der Waals surface area contributed by atoms with Crippen LogP contribution in [0.4, 0.5) is 0 Å². The van der Waals surface area contributed by atoms with Gasteiger partial charge in [0.2, 0.25) is 0 Å². The Morgan fingerprint density at radius 3 is 2.42 bits per heavy atom. The summed E-state index contributed by atoms with van der Waals surface area (Å²) in [5.74, 6) is 0.609. The van der Waals surface area contributed by atoms with Gasteiger partial charge in [0, 0.05) is 13.3 Å². The zero-order chi connectivity index (χ0) is 9.40. The van der Waals surface area contributed by atoms with Gasteiger partial charge in [-0.2, -0.15) is 0 Å². The molecule has 2 heteroatoms. The molecular weight excluding hydrogens is 152 g/mol. The summed E-state index contributed by atoms with van der Waals surface area (Å²) < 4.78 is 5.02. The molecule has 0 aliphatic heterocycles. The number of ether oxygens (including phenoxy) is 1. The monoisotopic (exact) mass is 170 g/mol. The number of hydrogen-bond acceptors (Lipinski definition) is 2. The Bertz CT molecular complexity index is 159. The van der Waals surface area contributed by atoms with Crippen molar-refractivity contribution in [2.24, 2.45) is 0 Å². The molecule has 0 atom stereocenters. The quantitative estimate of drug-likeness (QED) is 0.468. The Morgan fingerprint density at radius 2 is 2.00 bits per heavy atom. The van der Waals surface area contributed by atoms with Gasteiger partial charge in [-0.3, -0.25) is 4.79 Å². The fourth-order valence-electron chi connectivity index (χ4n) is 0.931. The number of carbonyl (C=O) groups is 1. The lowest BCUT2D eigenvalue weighted by Crippen LogP contribution is -1.98. The first-order valence-corrected chi connectivity index (χ1v) is 4.58. The minimum atomic E-state index is -0.217. The maximum absolute atomic E-state index is 10.6. The molecule has 0 aromatic rings. The van der Waals surface area contributed by atoms with Gasteiger partial charge in [0.15, 0.2) is 0 Å². The summed E-state index contributed by atoms with van der Waals surface area (Å²) in [6.07, 6.45) is 5.96. The largest absolute Gasteiger partial charge is 0.432 e. The fraction of sp³-hybridized carbons (Fsp3) is 0.700. The molecule has 0 aliphatic rings. The molecule has 0 aromatic carbocycles. The van der Waals surface area contributed by atoms with Crippen LogP contribution in [0, 0.1) is 0 Å².